The molecule has 6 nitrogen and oxygen atoms in total. The number of carbonyl (C=O) groups excluding carboxylic acids is 1. The predicted molar refractivity (Wildman–Crippen MR) is 87.2 cm³/mol. The number of nitrogens with zero attached hydrogens (tertiary/aromatic N) is 3. The predicted octanol–water partition coefficient (Wildman–Crippen LogP) is 4.70. The van der Waals surface area contributed by atoms with Crippen LogP contribution in [-0.2, 0) is 11.2 Å². The van der Waals surface area contributed by atoms with Gasteiger partial charge in [-0.2, -0.15) is 10.2 Å². The van der Waals surface area contributed by atoms with Crippen molar-refractivity contribution < 1.29 is 9.72 Å². The minimum absolute atomic E-state index is 0.00487. The third-order valence-electron chi connectivity index (χ3n) is 3.12. The lowest BCUT2D eigenvalue weighted by Crippen LogP contribution is -2.02. The number of ketones is 1. The van der Waals surface area contributed by atoms with Crippen LogP contribution in [0.2, 0.25) is 0 Å². The van der Waals surface area contributed by atoms with Crippen LogP contribution in [0, 0.1) is 10.1 Å². The quantitative estimate of drug-likeness (QED) is 0.335. The van der Waals surface area contributed by atoms with Crippen LogP contribution in [0.15, 0.2) is 70.9 Å². The van der Waals surface area contributed by atoms with Gasteiger partial charge in [0.05, 0.1) is 16.3 Å². The summed E-state index contributed by atoms with van der Waals surface area (Å²) in [7, 11) is 0. The molecule has 6 heteroatoms. The Hall–Kier alpha value is -3.15. The van der Waals surface area contributed by atoms with E-state index in [0.717, 1.165) is 5.56 Å². The van der Waals surface area contributed by atoms with Gasteiger partial charge in [-0.1, -0.05) is 18.7 Å². The fourth-order valence-electron chi connectivity index (χ4n) is 1.77. The molecule has 23 heavy (non-hydrogen) atoms. The van der Waals surface area contributed by atoms with Crippen LogP contribution in [0.4, 0.5) is 17.1 Å². The van der Waals surface area contributed by atoms with Crippen molar-refractivity contribution in [2.24, 2.45) is 10.2 Å². The van der Waals surface area contributed by atoms with Crippen molar-refractivity contribution in [3.63, 3.8) is 0 Å². The largest absolute Gasteiger partial charge is 0.294 e. The van der Waals surface area contributed by atoms with Crippen molar-refractivity contribution in [2.75, 3.05) is 0 Å². The molecule has 0 aliphatic rings. The molecule has 0 saturated heterocycles. The molecule has 0 atom stereocenters. The number of benzene rings is 2. The Balaban J connectivity index is 2.04. The average Bonchev–Trinajstić information content (AvgIpc) is 2.54. The molecule has 0 bridgehead atoms. The van der Waals surface area contributed by atoms with Crippen molar-refractivity contribution in [3.8, 4) is 0 Å². The summed E-state index contributed by atoms with van der Waals surface area (Å²) in [6.07, 6.45) is 0.315. The SMILES string of the molecule is C=C(C)C(=O)Cc1ccc(N=Nc2ccc([N+](=O)[O-])cc2)cc1. The smallest absolute Gasteiger partial charge is 0.269 e. The Morgan fingerprint density at radius 2 is 1.52 bits per heavy atom. The van der Waals surface area contributed by atoms with Crippen LogP contribution < -0.4 is 0 Å². The maximum absolute atomic E-state index is 11.6. The normalized spacial score (nSPS) is 10.7. The molecular formula is C17H15N3O3. The molecule has 0 aliphatic carbocycles. The van der Waals surface area contributed by atoms with E-state index < -0.39 is 4.92 Å². The van der Waals surface area contributed by atoms with Crippen LogP contribution in [0.1, 0.15) is 12.5 Å². The number of carbonyl (C=O) groups is 1. The summed E-state index contributed by atoms with van der Waals surface area (Å²) in [4.78, 5) is 21.7. The lowest BCUT2D eigenvalue weighted by atomic mass is 10.1. The van der Waals surface area contributed by atoms with Crippen molar-refractivity contribution in [1.82, 2.24) is 0 Å². The topological polar surface area (TPSA) is 84.9 Å². The molecule has 0 spiro atoms. The first kappa shape index (κ1) is 16.2. The fourth-order valence-corrected chi connectivity index (χ4v) is 1.77. The summed E-state index contributed by atoms with van der Waals surface area (Å²) in [5.74, 6) is 0.00487. The van der Waals surface area contributed by atoms with Gasteiger partial charge in [-0.3, -0.25) is 14.9 Å². The molecule has 116 valence electrons. The molecule has 2 aromatic carbocycles. The zero-order chi connectivity index (χ0) is 16.8. The number of nitro benzene ring substituents is 1. The van der Waals surface area contributed by atoms with Crippen LogP contribution >= 0.6 is 0 Å². The lowest BCUT2D eigenvalue weighted by molar-refractivity contribution is -0.384. The number of Topliss-reactive ketones (excluding diaryl/α,β-unsaturated/α-hetero) is 1. The number of azo groups is 1. The van der Waals surface area contributed by atoms with Crippen molar-refractivity contribution in [3.05, 3.63) is 76.4 Å². The zero-order valence-electron chi connectivity index (χ0n) is 12.6. The third-order valence-corrected chi connectivity index (χ3v) is 3.12. The molecule has 0 aliphatic heterocycles. The van der Waals surface area contributed by atoms with Gasteiger partial charge in [0.2, 0.25) is 0 Å². The Labute approximate surface area is 133 Å². The molecule has 0 heterocycles. The summed E-state index contributed by atoms with van der Waals surface area (Å²) >= 11 is 0. The fraction of sp³-hybridized carbons (Fsp3) is 0.118. The summed E-state index contributed by atoms with van der Waals surface area (Å²) in [5.41, 5.74) is 2.58. The van der Waals surface area contributed by atoms with Crippen molar-refractivity contribution in [2.45, 2.75) is 13.3 Å². The van der Waals surface area contributed by atoms with E-state index in [9.17, 15) is 14.9 Å². The van der Waals surface area contributed by atoms with Gasteiger partial charge in [0.1, 0.15) is 0 Å². The van der Waals surface area contributed by atoms with Gasteiger partial charge in [0, 0.05) is 18.6 Å². The van der Waals surface area contributed by atoms with Gasteiger partial charge < -0.3 is 0 Å². The van der Waals surface area contributed by atoms with Crippen LogP contribution in [0.25, 0.3) is 0 Å². The number of non-ortho nitro benzene ring substituents is 1. The molecule has 0 unspecified atom stereocenters. The highest BCUT2D eigenvalue weighted by molar-refractivity contribution is 5.95. The first-order chi connectivity index (χ1) is 11.0. The first-order valence-corrected chi connectivity index (χ1v) is 6.89. The lowest BCUT2D eigenvalue weighted by Gasteiger charge is -2.00. The maximum atomic E-state index is 11.6. The second-order valence-electron chi connectivity index (χ2n) is 5.02. The van der Waals surface area contributed by atoms with E-state index >= 15 is 0 Å². The molecular weight excluding hydrogens is 294 g/mol. The Bertz CT molecular complexity index is 763. The second-order valence-corrected chi connectivity index (χ2v) is 5.02. The highest BCUT2D eigenvalue weighted by Gasteiger charge is 2.05. The number of hydrogen-bond donors (Lipinski definition) is 0. The standard InChI is InChI=1S/C17H15N3O3/c1-12(2)17(21)11-13-3-5-14(6-4-13)18-19-15-7-9-16(10-8-15)20(22)23/h3-10H,1,11H2,2H3. The summed E-state index contributed by atoms with van der Waals surface area (Å²) in [6.45, 7) is 5.31. The van der Waals surface area contributed by atoms with E-state index in [0.29, 0.717) is 23.4 Å². The van der Waals surface area contributed by atoms with Gasteiger partial charge in [-0.05, 0) is 42.3 Å². The van der Waals surface area contributed by atoms with Gasteiger partial charge in [0.15, 0.2) is 5.78 Å². The van der Waals surface area contributed by atoms with Crippen LogP contribution in [0.3, 0.4) is 0 Å². The summed E-state index contributed by atoms with van der Waals surface area (Å²) < 4.78 is 0. The number of rotatable bonds is 6. The van der Waals surface area contributed by atoms with E-state index in [4.69, 9.17) is 0 Å². The van der Waals surface area contributed by atoms with Crippen LogP contribution in [0.5, 0.6) is 0 Å². The molecule has 2 rings (SSSR count). The van der Waals surface area contributed by atoms with Crippen molar-refractivity contribution >= 4 is 22.8 Å². The Morgan fingerprint density at radius 3 is 1.96 bits per heavy atom. The number of nitro groups is 1. The van der Waals surface area contributed by atoms with E-state index in [1.807, 2.05) is 12.1 Å². The van der Waals surface area contributed by atoms with Crippen molar-refractivity contribution in [1.29, 1.82) is 0 Å². The van der Waals surface area contributed by atoms with E-state index in [2.05, 4.69) is 16.8 Å². The molecule has 0 saturated carbocycles. The van der Waals surface area contributed by atoms with E-state index in [1.54, 1.807) is 19.1 Å². The van der Waals surface area contributed by atoms with Crippen LogP contribution in [-0.4, -0.2) is 10.7 Å². The van der Waals surface area contributed by atoms with Gasteiger partial charge in [-0.25, -0.2) is 0 Å². The maximum Gasteiger partial charge on any atom is 0.269 e. The minimum atomic E-state index is -0.466. The molecule has 0 amide bonds. The average molecular weight is 309 g/mol. The molecule has 0 fully saturated rings. The van der Waals surface area contributed by atoms with E-state index in [1.165, 1.54) is 24.3 Å². The zero-order valence-corrected chi connectivity index (χ0v) is 12.6. The number of hydrogen-bond acceptors (Lipinski definition) is 5. The van der Waals surface area contributed by atoms with Gasteiger partial charge in [-0.15, -0.1) is 0 Å². The Morgan fingerprint density at radius 1 is 1.04 bits per heavy atom. The molecule has 0 radical (unpaired) electrons. The highest BCUT2D eigenvalue weighted by Crippen LogP contribution is 2.21. The summed E-state index contributed by atoms with van der Waals surface area (Å²) in [6, 6.07) is 13.0. The summed E-state index contributed by atoms with van der Waals surface area (Å²) in [5, 5.41) is 18.6. The minimum Gasteiger partial charge on any atom is -0.294 e. The first-order valence-electron chi connectivity index (χ1n) is 6.89. The third kappa shape index (κ3) is 4.67. The Kier molecular flexibility index (Phi) is 5.09. The number of allylic oxidation sites excluding steroid dienone is 1. The molecule has 2 aromatic rings. The monoisotopic (exact) mass is 309 g/mol. The highest BCUT2D eigenvalue weighted by atomic mass is 16.6. The second kappa shape index (κ2) is 7.22. The van der Waals surface area contributed by atoms with Gasteiger partial charge >= 0.3 is 0 Å². The van der Waals surface area contributed by atoms with Gasteiger partial charge in [0.25, 0.3) is 5.69 Å². The van der Waals surface area contributed by atoms with E-state index in [-0.39, 0.29) is 11.5 Å². The molecule has 0 aromatic heterocycles. The molecule has 0 N–H and O–H groups in total.